The molecule has 2 fully saturated rings. The molecule has 1 aromatic carbocycles. The fourth-order valence-corrected chi connectivity index (χ4v) is 3.86. The Labute approximate surface area is 143 Å². The lowest BCUT2D eigenvalue weighted by atomic mass is 9.91. The summed E-state index contributed by atoms with van der Waals surface area (Å²) in [7, 11) is 0. The van der Waals surface area contributed by atoms with Crippen molar-refractivity contribution < 1.29 is 13.9 Å². The first-order chi connectivity index (χ1) is 11.5. The van der Waals surface area contributed by atoms with Crippen LogP contribution in [0.2, 0.25) is 0 Å². The lowest BCUT2D eigenvalue weighted by Gasteiger charge is -2.39. The van der Waals surface area contributed by atoms with Crippen LogP contribution in [-0.2, 0) is 16.1 Å². The Morgan fingerprint density at radius 2 is 1.75 bits per heavy atom. The molecule has 0 bridgehead atoms. The number of nitrogens with zero attached hydrogens (tertiary/aromatic N) is 2. The van der Waals surface area contributed by atoms with Gasteiger partial charge in [-0.2, -0.15) is 0 Å². The minimum absolute atomic E-state index is 0.0851. The van der Waals surface area contributed by atoms with Crippen LogP contribution in [0.25, 0.3) is 0 Å². The van der Waals surface area contributed by atoms with Crippen molar-refractivity contribution in [3.05, 3.63) is 35.6 Å². The Hall–Kier alpha value is -1.46. The Bertz CT molecular complexity index is 562. The highest BCUT2D eigenvalue weighted by Crippen LogP contribution is 2.27. The number of benzene rings is 1. The van der Waals surface area contributed by atoms with E-state index in [9.17, 15) is 9.18 Å². The average molecular weight is 334 g/mol. The van der Waals surface area contributed by atoms with E-state index >= 15 is 0 Å². The van der Waals surface area contributed by atoms with E-state index in [1.54, 1.807) is 6.07 Å². The molecule has 5 heteroatoms. The van der Waals surface area contributed by atoms with Gasteiger partial charge in [0, 0.05) is 44.2 Å². The predicted octanol–water partition coefficient (Wildman–Crippen LogP) is 2.67. The van der Waals surface area contributed by atoms with Gasteiger partial charge in [0.1, 0.15) is 5.82 Å². The largest absolute Gasteiger partial charge is 0.376 e. The number of amides is 1. The van der Waals surface area contributed by atoms with Crippen LogP contribution in [-0.4, -0.2) is 54.1 Å². The van der Waals surface area contributed by atoms with Gasteiger partial charge in [-0.25, -0.2) is 4.39 Å². The van der Waals surface area contributed by atoms with Gasteiger partial charge in [0.15, 0.2) is 0 Å². The van der Waals surface area contributed by atoms with Crippen LogP contribution in [0.3, 0.4) is 0 Å². The van der Waals surface area contributed by atoms with Gasteiger partial charge < -0.3 is 9.64 Å². The summed E-state index contributed by atoms with van der Waals surface area (Å²) < 4.78 is 19.5. The molecule has 2 aliphatic heterocycles. The molecule has 0 radical (unpaired) electrons. The summed E-state index contributed by atoms with van der Waals surface area (Å²) in [6.07, 6.45) is 1.95. The molecule has 1 aromatic rings. The van der Waals surface area contributed by atoms with Crippen molar-refractivity contribution in [3.8, 4) is 0 Å². The quantitative estimate of drug-likeness (QED) is 0.852. The summed E-state index contributed by atoms with van der Waals surface area (Å²) in [5.41, 5.74) is 0.726. The van der Waals surface area contributed by atoms with Gasteiger partial charge in [-0.15, -0.1) is 0 Å². The Balaban J connectivity index is 1.51. The van der Waals surface area contributed by atoms with Gasteiger partial charge in [0.25, 0.3) is 0 Å². The van der Waals surface area contributed by atoms with Gasteiger partial charge in [-0.05, 0) is 32.8 Å². The van der Waals surface area contributed by atoms with Crippen molar-refractivity contribution in [2.45, 2.75) is 45.4 Å². The minimum Gasteiger partial charge on any atom is -0.376 e. The summed E-state index contributed by atoms with van der Waals surface area (Å²) in [4.78, 5) is 17.0. The first kappa shape index (κ1) is 17.4. The fourth-order valence-electron chi connectivity index (χ4n) is 3.86. The van der Waals surface area contributed by atoms with Crippen molar-refractivity contribution in [3.63, 3.8) is 0 Å². The topological polar surface area (TPSA) is 32.8 Å². The van der Waals surface area contributed by atoms with Crippen molar-refractivity contribution in [2.75, 3.05) is 26.2 Å². The maximum atomic E-state index is 13.8. The van der Waals surface area contributed by atoms with Gasteiger partial charge in [0.2, 0.25) is 5.91 Å². The highest BCUT2D eigenvalue weighted by Gasteiger charge is 2.33. The minimum atomic E-state index is -0.152. The van der Waals surface area contributed by atoms with Crippen molar-refractivity contribution >= 4 is 5.91 Å². The maximum absolute atomic E-state index is 13.8. The normalized spacial score (nSPS) is 28.8. The van der Waals surface area contributed by atoms with Crippen molar-refractivity contribution in [2.24, 2.45) is 5.92 Å². The zero-order valence-corrected chi connectivity index (χ0v) is 14.6. The number of rotatable bonds is 3. The molecular weight excluding hydrogens is 307 g/mol. The number of halogens is 1. The third kappa shape index (κ3) is 4.14. The van der Waals surface area contributed by atoms with Crippen LogP contribution in [0, 0.1) is 11.7 Å². The summed E-state index contributed by atoms with van der Waals surface area (Å²) in [5.74, 6) is 0.200. The van der Waals surface area contributed by atoms with E-state index in [4.69, 9.17) is 4.74 Å². The summed E-state index contributed by atoms with van der Waals surface area (Å²) in [5, 5.41) is 0. The lowest BCUT2D eigenvalue weighted by molar-refractivity contribution is -0.145. The molecule has 2 aliphatic rings. The third-order valence-corrected chi connectivity index (χ3v) is 5.08. The number of carbonyl (C=O) groups excluding carboxylic acids is 1. The van der Waals surface area contributed by atoms with Crippen LogP contribution in [0.15, 0.2) is 24.3 Å². The molecule has 2 saturated heterocycles. The molecule has 0 saturated carbocycles. The SMILES string of the molecule is CC1CC(C(=O)N2CCN(Cc3ccccc3F)CC2)CC(C)O1. The zero-order valence-electron chi connectivity index (χ0n) is 14.6. The lowest BCUT2D eigenvalue weighted by Crippen LogP contribution is -2.51. The highest BCUT2D eigenvalue weighted by atomic mass is 19.1. The van der Waals surface area contributed by atoms with Crippen LogP contribution in [0.1, 0.15) is 32.3 Å². The average Bonchev–Trinajstić information content (AvgIpc) is 2.56. The monoisotopic (exact) mass is 334 g/mol. The number of hydrogen-bond donors (Lipinski definition) is 0. The first-order valence-corrected chi connectivity index (χ1v) is 8.93. The van der Waals surface area contributed by atoms with E-state index in [1.165, 1.54) is 6.07 Å². The number of carbonyl (C=O) groups is 1. The van der Waals surface area contributed by atoms with Crippen molar-refractivity contribution in [1.29, 1.82) is 0 Å². The van der Waals surface area contributed by atoms with E-state index in [2.05, 4.69) is 4.90 Å². The van der Waals surface area contributed by atoms with E-state index in [0.717, 1.165) is 44.6 Å². The molecule has 3 rings (SSSR count). The molecule has 2 unspecified atom stereocenters. The number of piperazine rings is 1. The van der Waals surface area contributed by atoms with Crippen LogP contribution >= 0.6 is 0 Å². The van der Waals surface area contributed by atoms with E-state index < -0.39 is 0 Å². The van der Waals surface area contributed by atoms with Crippen LogP contribution < -0.4 is 0 Å². The van der Waals surface area contributed by atoms with Crippen LogP contribution in [0.4, 0.5) is 4.39 Å². The first-order valence-electron chi connectivity index (χ1n) is 8.93. The molecule has 2 atom stereocenters. The Kier molecular flexibility index (Phi) is 5.51. The highest BCUT2D eigenvalue weighted by molar-refractivity contribution is 5.79. The third-order valence-electron chi connectivity index (χ3n) is 5.08. The maximum Gasteiger partial charge on any atom is 0.225 e. The Morgan fingerprint density at radius 1 is 1.12 bits per heavy atom. The molecule has 2 heterocycles. The molecule has 0 aliphatic carbocycles. The summed E-state index contributed by atoms with van der Waals surface area (Å²) in [6.45, 7) is 7.76. The zero-order chi connectivity index (χ0) is 17.1. The summed E-state index contributed by atoms with van der Waals surface area (Å²) >= 11 is 0. The Morgan fingerprint density at radius 3 is 2.38 bits per heavy atom. The van der Waals surface area contributed by atoms with Crippen LogP contribution in [0.5, 0.6) is 0 Å². The standard InChI is InChI=1S/C19H27FN2O2/c1-14-11-17(12-15(2)24-14)19(23)22-9-7-21(8-10-22)13-16-5-3-4-6-18(16)20/h3-6,14-15,17H,7-13H2,1-2H3. The second-order valence-corrected chi connectivity index (χ2v) is 7.12. The second-order valence-electron chi connectivity index (χ2n) is 7.12. The molecule has 0 aromatic heterocycles. The molecule has 132 valence electrons. The van der Waals surface area contributed by atoms with Gasteiger partial charge in [-0.3, -0.25) is 9.69 Å². The van der Waals surface area contributed by atoms with Crippen molar-refractivity contribution in [1.82, 2.24) is 9.80 Å². The predicted molar refractivity (Wildman–Crippen MR) is 91.0 cm³/mol. The molecule has 0 spiro atoms. The molecule has 24 heavy (non-hydrogen) atoms. The molecule has 4 nitrogen and oxygen atoms in total. The van der Waals surface area contributed by atoms with E-state index in [-0.39, 0.29) is 29.9 Å². The molecular formula is C19H27FN2O2. The van der Waals surface area contributed by atoms with Gasteiger partial charge in [0.05, 0.1) is 12.2 Å². The van der Waals surface area contributed by atoms with E-state index in [0.29, 0.717) is 6.54 Å². The molecule has 0 N–H and O–H groups in total. The number of ether oxygens (including phenoxy) is 1. The fraction of sp³-hybridized carbons (Fsp3) is 0.632. The number of hydrogen-bond acceptors (Lipinski definition) is 3. The summed E-state index contributed by atoms with van der Waals surface area (Å²) in [6, 6.07) is 6.91. The smallest absolute Gasteiger partial charge is 0.225 e. The molecule has 1 amide bonds. The van der Waals surface area contributed by atoms with E-state index in [1.807, 2.05) is 30.9 Å². The van der Waals surface area contributed by atoms with Gasteiger partial charge >= 0.3 is 0 Å². The second kappa shape index (κ2) is 7.62. The van der Waals surface area contributed by atoms with Gasteiger partial charge in [-0.1, -0.05) is 18.2 Å².